The van der Waals surface area contributed by atoms with Crippen molar-refractivity contribution in [2.75, 3.05) is 6.54 Å². The number of hydrogen-bond acceptors (Lipinski definition) is 3. The van der Waals surface area contributed by atoms with Gasteiger partial charge in [-0.3, -0.25) is 0 Å². The smallest absolute Gasteiger partial charge is 0.201 e. The van der Waals surface area contributed by atoms with Crippen LogP contribution in [-0.2, 0) is 5.41 Å². The van der Waals surface area contributed by atoms with Gasteiger partial charge in [0.05, 0.1) is 0 Å². The molecule has 3 heteroatoms. The highest BCUT2D eigenvalue weighted by Crippen LogP contribution is 2.57. The quantitative estimate of drug-likeness (QED) is 0.896. The van der Waals surface area contributed by atoms with Crippen molar-refractivity contribution in [3.05, 3.63) is 30.2 Å². The van der Waals surface area contributed by atoms with Crippen LogP contribution in [0, 0.1) is 5.41 Å². The molecule has 3 fully saturated rings. The summed E-state index contributed by atoms with van der Waals surface area (Å²) in [5, 5.41) is 0. The van der Waals surface area contributed by atoms with Gasteiger partial charge in [-0.25, -0.2) is 4.98 Å². The van der Waals surface area contributed by atoms with E-state index in [0.717, 1.165) is 23.5 Å². The number of fused-ring (bicyclic) bond motifs is 4. The van der Waals surface area contributed by atoms with Crippen molar-refractivity contribution in [3.63, 3.8) is 0 Å². The Labute approximate surface area is 113 Å². The number of oxazole rings is 1. The van der Waals surface area contributed by atoms with Crippen LogP contribution in [0.5, 0.6) is 0 Å². The number of rotatable bonds is 2. The Morgan fingerprint density at radius 1 is 1.05 bits per heavy atom. The zero-order valence-corrected chi connectivity index (χ0v) is 11.2. The molecule has 2 aromatic rings. The molecule has 0 spiro atoms. The summed E-state index contributed by atoms with van der Waals surface area (Å²) in [6.07, 6.45) is 7.29. The second-order valence-corrected chi connectivity index (χ2v) is 6.47. The van der Waals surface area contributed by atoms with E-state index in [2.05, 4.69) is 0 Å². The van der Waals surface area contributed by atoms with Gasteiger partial charge in [0.2, 0.25) is 5.89 Å². The van der Waals surface area contributed by atoms with Crippen molar-refractivity contribution in [1.29, 1.82) is 0 Å². The van der Waals surface area contributed by atoms with Crippen molar-refractivity contribution in [3.8, 4) is 0 Å². The number of benzene rings is 1. The first-order chi connectivity index (χ1) is 9.25. The molecule has 2 bridgehead atoms. The van der Waals surface area contributed by atoms with Crippen LogP contribution in [0.2, 0.25) is 0 Å². The zero-order valence-electron chi connectivity index (χ0n) is 11.2. The van der Waals surface area contributed by atoms with E-state index in [-0.39, 0.29) is 5.41 Å². The first-order valence-electron chi connectivity index (χ1n) is 7.32. The summed E-state index contributed by atoms with van der Waals surface area (Å²) >= 11 is 0. The Morgan fingerprint density at radius 2 is 1.74 bits per heavy atom. The molecule has 3 aliphatic carbocycles. The predicted octanol–water partition coefficient (Wildman–Crippen LogP) is 3.38. The number of aromatic nitrogens is 1. The minimum Gasteiger partial charge on any atom is -0.440 e. The SMILES string of the molecule is NCC12CCC(c3nc4ccccc4o3)(CC1)CC2. The van der Waals surface area contributed by atoms with Crippen LogP contribution in [0.3, 0.4) is 0 Å². The van der Waals surface area contributed by atoms with Gasteiger partial charge in [0.1, 0.15) is 5.52 Å². The first kappa shape index (κ1) is 11.5. The maximum Gasteiger partial charge on any atom is 0.201 e. The molecule has 0 atom stereocenters. The molecule has 0 radical (unpaired) electrons. The summed E-state index contributed by atoms with van der Waals surface area (Å²) in [6, 6.07) is 8.08. The summed E-state index contributed by atoms with van der Waals surface area (Å²) < 4.78 is 6.05. The Morgan fingerprint density at radius 3 is 2.37 bits per heavy atom. The summed E-state index contributed by atoms with van der Waals surface area (Å²) in [5.41, 5.74) is 8.51. The van der Waals surface area contributed by atoms with Crippen molar-refractivity contribution in [2.45, 2.75) is 43.9 Å². The summed E-state index contributed by atoms with van der Waals surface area (Å²) in [7, 11) is 0. The van der Waals surface area contributed by atoms with Crippen molar-refractivity contribution in [1.82, 2.24) is 4.98 Å². The molecule has 1 aromatic carbocycles. The number of hydrogen-bond donors (Lipinski definition) is 1. The van der Waals surface area contributed by atoms with Crippen LogP contribution in [-0.4, -0.2) is 11.5 Å². The third-order valence-electron chi connectivity index (χ3n) is 5.58. The van der Waals surface area contributed by atoms with E-state index in [1.807, 2.05) is 24.3 Å². The van der Waals surface area contributed by atoms with Gasteiger partial charge in [0, 0.05) is 5.41 Å². The van der Waals surface area contributed by atoms with E-state index in [1.165, 1.54) is 38.5 Å². The lowest BCUT2D eigenvalue weighted by Crippen LogP contribution is -2.47. The van der Waals surface area contributed by atoms with Gasteiger partial charge >= 0.3 is 0 Å². The van der Waals surface area contributed by atoms with E-state index in [1.54, 1.807) is 0 Å². The van der Waals surface area contributed by atoms with Crippen LogP contribution in [0.1, 0.15) is 44.4 Å². The molecule has 0 unspecified atom stereocenters. The van der Waals surface area contributed by atoms with Gasteiger partial charge in [-0.2, -0.15) is 0 Å². The summed E-state index contributed by atoms with van der Waals surface area (Å²) in [5.74, 6) is 0.971. The van der Waals surface area contributed by atoms with Gasteiger partial charge in [-0.15, -0.1) is 0 Å². The largest absolute Gasteiger partial charge is 0.440 e. The second kappa shape index (κ2) is 3.83. The van der Waals surface area contributed by atoms with Gasteiger partial charge in [-0.05, 0) is 62.6 Å². The highest BCUT2D eigenvalue weighted by molar-refractivity contribution is 5.72. The Bertz CT molecular complexity index is 558. The van der Waals surface area contributed by atoms with Crippen LogP contribution in [0.15, 0.2) is 28.7 Å². The lowest BCUT2D eigenvalue weighted by Gasteiger charge is -2.51. The lowest BCUT2D eigenvalue weighted by atomic mass is 9.53. The van der Waals surface area contributed by atoms with Crippen molar-refractivity contribution < 1.29 is 4.42 Å². The molecule has 3 aliphatic rings. The zero-order chi connectivity index (χ0) is 12.9. The van der Waals surface area contributed by atoms with Gasteiger partial charge < -0.3 is 10.2 Å². The second-order valence-electron chi connectivity index (χ2n) is 6.47. The monoisotopic (exact) mass is 256 g/mol. The van der Waals surface area contributed by atoms with E-state index >= 15 is 0 Å². The normalized spacial score (nSPS) is 33.9. The van der Waals surface area contributed by atoms with Crippen molar-refractivity contribution in [2.24, 2.45) is 11.1 Å². The molecule has 3 saturated carbocycles. The number of para-hydroxylation sites is 2. The molecule has 0 amide bonds. The molecule has 3 nitrogen and oxygen atoms in total. The molecule has 0 aliphatic heterocycles. The van der Waals surface area contributed by atoms with Crippen LogP contribution in [0.4, 0.5) is 0 Å². The van der Waals surface area contributed by atoms with E-state index in [9.17, 15) is 0 Å². The lowest BCUT2D eigenvalue weighted by molar-refractivity contribution is 0.0334. The highest BCUT2D eigenvalue weighted by atomic mass is 16.3. The minimum atomic E-state index is 0.190. The topological polar surface area (TPSA) is 52.0 Å². The molecule has 2 N–H and O–H groups in total. The van der Waals surface area contributed by atoms with Crippen LogP contribution < -0.4 is 5.73 Å². The predicted molar refractivity (Wildman–Crippen MR) is 74.9 cm³/mol. The maximum atomic E-state index is 6.05. The highest BCUT2D eigenvalue weighted by Gasteiger charge is 2.51. The summed E-state index contributed by atoms with van der Waals surface area (Å²) in [4.78, 5) is 4.75. The Balaban J connectivity index is 1.73. The van der Waals surface area contributed by atoms with E-state index in [4.69, 9.17) is 15.1 Å². The van der Waals surface area contributed by atoms with Crippen LogP contribution in [0.25, 0.3) is 11.1 Å². The Hall–Kier alpha value is -1.35. The van der Waals surface area contributed by atoms with E-state index in [0.29, 0.717) is 5.41 Å². The third-order valence-corrected chi connectivity index (χ3v) is 5.58. The van der Waals surface area contributed by atoms with Crippen molar-refractivity contribution >= 4 is 11.1 Å². The molecule has 0 saturated heterocycles. The Kier molecular flexibility index (Phi) is 2.31. The fourth-order valence-corrected chi connectivity index (χ4v) is 3.99. The molecule has 1 heterocycles. The molecular formula is C16H20N2O. The average molecular weight is 256 g/mol. The molecule has 19 heavy (non-hydrogen) atoms. The summed E-state index contributed by atoms with van der Waals surface area (Å²) in [6.45, 7) is 0.844. The molecule has 100 valence electrons. The molecule has 5 rings (SSSR count). The molecular weight excluding hydrogens is 236 g/mol. The number of nitrogens with two attached hydrogens (primary N) is 1. The minimum absolute atomic E-state index is 0.190. The van der Waals surface area contributed by atoms with Gasteiger partial charge in [-0.1, -0.05) is 12.1 Å². The molecule has 1 aromatic heterocycles. The maximum absolute atomic E-state index is 6.05. The van der Waals surface area contributed by atoms with Gasteiger partial charge in [0.15, 0.2) is 5.58 Å². The number of nitrogens with zero attached hydrogens (tertiary/aromatic N) is 1. The van der Waals surface area contributed by atoms with E-state index < -0.39 is 0 Å². The average Bonchev–Trinajstić information content (AvgIpc) is 2.94. The van der Waals surface area contributed by atoms with Gasteiger partial charge in [0.25, 0.3) is 0 Å². The van der Waals surface area contributed by atoms with Crippen LogP contribution >= 0.6 is 0 Å². The fourth-order valence-electron chi connectivity index (χ4n) is 3.99. The third kappa shape index (κ3) is 1.57. The fraction of sp³-hybridized carbons (Fsp3) is 0.562. The first-order valence-corrected chi connectivity index (χ1v) is 7.32. The standard InChI is InChI=1S/C16H20N2O/c17-11-15-5-8-16(9-6-15,10-7-15)14-18-12-3-1-2-4-13(12)19-14/h1-4H,5-11,17H2.